The van der Waals surface area contributed by atoms with Crippen molar-refractivity contribution in [3.05, 3.63) is 77.5 Å². The number of benzene rings is 2. The fraction of sp³-hybridized carbons (Fsp3) is 0.190. The van der Waals surface area contributed by atoms with Crippen molar-refractivity contribution in [3.63, 3.8) is 0 Å². The van der Waals surface area contributed by atoms with Crippen LogP contribution in [0.1, 0.15) is 39.2 Å². The van der Waals surface area contributed by atoms with E-state index >= 15 is 0 Å². The highest BCUT2D eigenvalue weighted by Crippen LogP contribution is 2.23. The summed E-state index contributed by atoms with van der Waals surface area (Å²) in [5.74, 6) is -0.427. The molecule has 5 nitrogen and oxygen atoms in total. The summed E-state index contributed by atoms with van der Waals surface area (Å²) >= 11 is 0. The second kappa shape index (κ2) is 6.69. The molecule has 1 aromatic heterocycles. The van der Waals surface area contributed by atoms with Crippen LogP contribution in [0, 0.1) is 0 Å². The van der Waals surface area contributed by atoms with E-state index in [2.05, 4.69) is 23.3 Å². The van der Waals surface area contributed by atoms with Crippen molar-refractivity contribution in [1.29, 1.82) is 0 Å². The van der Waals surface area contributed by atoms with E-state index in [1.165, 1.54) is 4.90 Å². The molecular weight excluding hydrogens is 326 g/mol. The van der Waals surface area contributed by atoms with E-state index < -0.39 is 0 Å². The van der Waals surface area contributed by atoms with Gasteiger partial charge in [0.05, 0.1) is 16.6 Å². The predicted molar refractivity (Wildman–Crippen MR) is 100.0 cm³/mol. The Balaban J connectivity index is 1.44. The molecule has 0 fully saturated rings. The number of fused-ring (bicyclic) bond motifs is 2. The van der Waals surface area contributed by atoms with Gasteiger partial charge in [-0.1, -0.05) is 30.3 Å². The monoisotopic (exact) mass is 345 g/mol. The molecule has 1 atom stereocenters. The summed E-state index contributed by atoms with van der Waals surface area (Å²) in [5.41, 5.74) is 3.09. The minimum Gasteiger partial charge on any atom is -0.308 e. The fourth-order valence-corrected chi connectivity index (χ4v) is 3.44. The lowest BCUT2D eigenvalue weighted by Crippen LogP contribution is -2.37. The quantitative estimate of drug-likeness (QED) is 0.722. The number of nitrogens with zero attached hydrogens (tertiary/aromatic N) is 2. The zero-order valence-corrected chi connectivity index (χ0v) is 14.5. The molecule has 2 aromatic carbocycles. The van der Waals surface area contributed by atoms with Crippen molar-refractivity contribution >= 4 is 22.7 Å². The number of amides is 2. The third-order valence-electron chi connectivity index (χ3n) is 4.81. The van der Waals surface area contributed by atoms with Crippen LogP contribution in [0.4, 0.5) is 0 Å². The summed E-state index contributed by atoms with van der Waals surface area (Å²) in [5, 5.41) is 4.52. The van der Waals surface area contributed by atoms with Crippen molar-refractivity contribution in [2.45, 2.75) is 13.0 Å². The van der Waals surface area contributed by atoms with Crippen LogP contribution in [0.25, 0.3) is 10.9 Å². The zero-order chi connectivity index (χ0) is 18.1. The average Bonchev–Trinajstić information content (AvgIpc) is 2.92. The first-order valence-electron chi connectivity index (χ1n) is 8.69. The van der Waals surface area contributed by atoms with Gasteiger partial charge in [0.15, 0.2) is 0 Å². The van der Waals surface area contributed by atoms with Gasteiger partial charge in [0.1, 0.15) is 0 Å². The minimum absolute atomic E-state index is 0.0816. The van der Waals surface area contributed by atoms with Crippen LogP contribution >= 0.6 is 0 Å². The van der Waals surface area contributed by atoms with Crippen molar-refractivity contribution in [1.82, 2.24) is 15.2 Å². The molecule has 2 heterocycles. The molecule has 0 aliphatic carbocycles. The summed E-state index contributed by atoms with van der Waals surface area (Å²) in [4.78, 5) is 30.5. The third-order valence-corrected chi connectivity index (χ3v) is 4.81. The molecule has 4 rings (SSSR count). The van der Waals surface area contributed by atoms with Crippen LogP contribution in [-0.4, -0.2) is 34.8 Å². The molecule has 3 aromatic rings. The number of carbonyl (C=O) groups is 2. The van der Waals surface area contributed by atoms with Gasteiger partial charge in [0.2, 0.25) is 0 Å². The standard InChI is InChI=1S/C21H19N3O2/c1-14(15-10-11-23-19-9-5-4-6-16(15)19)22-12-13-24-20(25)17-7-2-3-8-18(17)21(24)26/h2-11,14,22H,12-13H2,1H3. The van der Waals surface area contributed by atoms with Gasteiger partial charge in [0, 0.05) is 30.7 Å². The van der Waals surface area contributed by atoms with Gasteiger partial charge in [-0.05, 0) is 36.8 Å². The Morgan fingerprint density at radius 3 is 2.35 bits per heavy atom. The van der Waals surface area contributed by atoms with Crippen molar-refractivity contribution < 1.29 is 9.59 Å². The Morgan fingerprint density at radius 2 is 1.62 bits per heavy atom. The van der Waals surface area contributed by atoms with E-state index in [1.54, 1.807) is 30.5 Å². The van der Waals surface area contributed by atoms with Crippen molar-refractivity contribution in [3.8, 4) is 0 Å². The first kappa shape index (κ1) is 16.4. The zero-order valence-electron chi connectivity index (χ0n) is 14.5. The Hall–Kier alpha value is -3.05. The lowest BCUT2D eigenvalue weighted by molar-refractivity contribution is 0.0654. The molecule has 130 valence electrons. The van der Waals surface area contributed by atoms with Gasteiger partial charge >= 0.3 is 0 Å². The Morgan fingerprint density at radius 1 is 0.962 bits per heavy atom. The predicted octanol–water partition coefficient (Wildman–Crippen LogP) is 3.18. The number of nitrogens with one attached hydrogen (secondary N) is 1. The molecule has 26 heavy (non-hydrogen) atoms. The maximum atomic E-state index is 12.4. The SMILES string of the molecule is CC(NCCN1C(=O)c2ccccc2C1=O)c1ccnc2ccccc12. The molecule has 1 aliphatic rings. The molecule has 1 aliphatic heterocycles. The summed E-state index contributed by atoms with van der Waals surface area (Å²) in [6, 6.07) is 17.1. The number of aromatic nitrogens is 1. The second-order valence-electron chi connectivity index (χ2n) is 6.40. The molecule has 2 amide bonds. The van der Waals surface area contributed by atoms with E-state index in [4.69, 9.17) is 0 Å². The number of imide groups is 1. The number of rotatable bonds is 5. The molecule has 0 saturated carbocycles. The molecule has 1 N–H and O–H groups in total. The van der Waals surface area contributed by atoms with Gasteiger partial charge in [-0.2, -0.15) is 0 Å². The van der Waals surface area contributed by atoms with E-state index in [0.717, 1.165) is 16.5 Å². The maximum absolute atomic E-state index is 12.4. The van der Waals surface area contributed by atoms with Gasteiger partial charge in [-0.25, -0.2) is 0 Å². The highest BCUT2D eigenvalue weighted by Gasteiger charge is 2.34. The molecular formula is C21H19N3O2. The summed E-state index contributed by atoms with van der Waals surface area (Å²) < 4.78 is 0. The average molecular weight is 345 g/mol. The van der Waals surface area contributed by atoms with Crippen molar-refractivity contribution in [2.75, 3.05) is 13.1 Å². The molecule has 0 saturated heterocycles. The van der Waals surface area contributed by atoms with Crippen molar-refractivity contribution in [2.24, 2.45) is 0 Å². The first-order chi connectivity index (χ1) is 12.7. The lowest BCUT2D eigenvalue weighted by atomic mass is 10.0. The van der Waals surface area contributed by atoms with Crippen LogP contribution < -0.4 is 5.32 Å². The third kappa shape index (κ3) is 2.76. The van der Waals surface area contributed by atoms with E-state index in [-0.39, 0.29) is 17.9 Å². The minimum atomic E-state index is -0.214. The molecule has 1 unspecified atom stereocenters. The van der Waals surface area contributed by atoms with Gasteiger partial charge < -0.3 is 5.32 Å². The normalized spacial score (nSPS) is 14.7. The lowest BCUT2D eigenvalue weighted by Gasteiger charge is -2.19. The van der Waals surface area contributed by atoms with Gasteiger partial charge in [-0.15, -0.1) is 0 Å². The second-order valence-corrected chi connectivity index (χ2v) is 6.40. The van der Waals surface area contributed by atoms with Gasteiger partial charge in [0.25, 0.3) is 11.8 Å². The van der Waals surface area contributed by atoms with Gasteiger partial charge in [-0.3, -0.25) is 19.5 Å². The number of hydrogen-bond acceptors (Lipinski definition) is 4. The molecule has 5 heteroatoms. The fourth-order valence-electron chi connectivity index (χ4n) is 3.44. The number of carbonyl (C=O) groups excluding carboxylic acids is 2. The highest BCUT2D eigenvalue weighted by atomic mass is 16.2. The van der Waals surface area contributed by atoms with Crippen LogP contribution in [0.3, 0.4) is 0 Å². The Labute approximate surface area is 151 Å². The van der Waals surface area contributed by atoms with E-state index in [1.807, 2.05) is 24.3 Å². The highest BCUT2D eigenvalue weighted by molar-refractivity contribution is 6.21. The van der Waals surface area contributed by atoms with Crippen LogP contribution in [0.2, 0.25) is 0 Å². The number of para-hydroxylation sites is 1. The summed E-state index contributed by atoms with van der Waals surface area (Å²) in [6.45, 7) is 2.95. The first-order valence-corrected chi connectivity index (χ1v) is 8.69. The largest absolute Gasteiger partial charge is 0.308 e. The molecule has 0 radical (unpaired) electrons. The van der Waals surface area contributed by atoms with Crippen LogP contribution in [0.15, 0.2) is 60.8 Å². The number of pyridine rings is 1. The topological polar surface area (TPSA) is 62.3 Å². The summed E-state index contributed by atoms with van der Waals surface area (Å²) in [6.07, 6.45) is 1.81. The maximum Gasteiger partial charge on any atom is 0.261 e. The van der Waals surface area contributed by atoms with Crippen LogP contribution in [-0.2, 0) is 0 Å². The molecule has 0 spiro atoms. The Bertz CT molecular complexity index is 959. The van der Waals surface area contributed by atoms with Crippen LogP contribution in [0.5, 0.6) is 0 Å². The Kier molecular flexibility index (Phi) is 4.22. The smallest absolute Gasteiger partial charge is 0.261 e. The summed E-state index contributed by atoms with van der Waals surface area (Å²) in [7, 11) is 0. The molecule has 0 bridgehead atoms. The van der Waals surface area contributed by atoms with E-state index in [0.29, 0.717) is 24.2 Å². The van der Waals surface area contributed by atoms with E-state index in [9.17, 15) is 9.59 Å². The number of hydrogen-bond donors (Lipinski definition) is 1.